The summed E-state index contributed by atoms with van der Waals surface area (Å²) >= 11 is 6.17. The Labute approximate surface area is 116 Å². The molecule has 1 saturated carbocycles. The van der Waals surface area contributed by atoms with Crippen LogP contribution in [0.25, 0.3) is 0 Å². The molecule has 0 aliphatic heterocycles. The summed E-state index contributed by atoms with van der Waals surface area (Å²) in [6, 6.07) is 8.49. The van der Waals surface area contributed by atoms with Crippen LogP contribution in [0.3, 0.4) is 0 Å². The lowest BCUT2D eigenvalue weighted by Gasteiger charge is -2.38. The van der Waals surface area contributed by atoms with E-state index in [1.165, 1.54) is 44.1 Å². The highest BCUT2D eigenvalue weighted by Gasteiger charge is 2.33. The summed E-state index contributed by atoms with van der Waals surface area (Å²) in [6.07, 6.45) is 7.87. The molecule has 1 N–H and O–H groups in total. The number of hydrogen-bond acceptors (Lipinski definition) is 1. The molecule has 1 nitrogen and oxygen atoms in total. The molecule has 2 heteroatoms. The second kappa shape index (κ2) is 6.58. The predicted octanol–water partition coefficient (Wildman–Crippen LogP) is 4.54. The van der Waals surface area contributed by atoms with Crippen molar-refractivity contribution in [3.05, 3.63) is 34.9 Å². The fraction of sp³-hybridized carbons (Fsp3) is 0.625. The van der Waals surface area contributed by atoms with Crippen LogP contribution in [-0.2, 0) is 5.41 Å². The molecule has 0 unspecified atom stereocenters. The summed E-state index contributed by atoms with van der Waals surface area (Å²) in [5.74, 6) is 0. The molecule has 0 saturated heterocycles. The second-order valence-corrected chi connectivity index (χ2v) is 5.96. The summed E-state index contributed by atoms with van der Waals surface area (Å²) in [5, 5.41) is 4.49. The molecule has 1 fully saturated rings. The minimum absolute atomic E-state index is 0.318. The van der Waals surface area contributed by atoms with Gasteiger partial charge in [-0.1, -0.05) is 49.9 Å². The first-order chi connectivity index (χ1) is 8.77. The van der Waals surface area contributed by atoms with Crippen molar-refractivity contribution in [1.82, 2.24) is 5.32 Å². The third-order valence-electron chi connectivity index (χ3n) is 4.14. The number of hydrogen-bond donors (Lipinski definition) is 1. The Hall–Kier alpha value is -0.530. The first-order valence-electron chi connectivity index (χ1n) is 7.24. The maximum atomic E-state index is 6.17. The fourth-order valence-electron chi connectivity index (χ4n) is 3.12. The molecule has 0 amide bonds. The lowest BCUT2D eigenvalue weighted by Crippen LogP contribution is -2.40. The van der Waals surface area contributed by atoms with Crippen LogP contribution in [0.5, 0.6) is 0 Å². The van der Waals surface area contributed by atoms with E-state index in [9.17, 15) is 0 Å². The van der Waals surface area contributed by atoms with E-state index in [1.807, 2.05) is 6.07 Å². The molecule has 0 bridgehead atoms. The lowest BCUT2D eigenvalue weighted by atomic mass is 9.69. The van der Waals surface area contributed by atoms with Crippen LogP contribution in [0.2, 0.25) is 5.02 Å². The molecular weight excluding hydrogens is 242 g/mol. The molecule has 2 rings (SSSR count). The molecule has 100 valence electrons. The van der Waals surface area contributed by atoms with Gasteiger partial charge in [-0.25, -0.2) is 0 Å². The standard InChI is InChI=1S/C16H24ClN/c1-2-11-18-13-16(9-4-3-5-10-16)14-7-6-8-15(17)12-14/h6-8,12,18H,2-5,9-11,13H2,1H3. The Bertz CT molecular complexity index is 369. The molecule has 1 aliphatic carbocycles. The number of benzene rings is 1. The normalized spacial score (nSPS) is 18.8. The van der Waals surface area contributed by atoms with Crippen LogP contribution in [0.15, 0.2) is 24.3 Å². The average Bonchev–Trinajstić information content (AvgIpc) is 2.40. The second-order valence-electron chi connectivity index (χ2n) is 5.53. The van der Waals surface area contributed by atoms with Gasteiger partial charge in [0.15, 0.2) is 0 Å². The molecule has 1 aromatic rings. The van der Waals surface area contributed by atoms with Crippen LogP contribution < -0.4 is 5.32 Å². The highest BCUT2D eigenvalue weighted by molar-refractivity contribution is 6.30. The Morgan fingerprint density at radius 1 is 1.22 bits per heavy atom. The van der Waals surface area contributed by atoms with E-state index in [0.29, 0.717) is 5.41 Å². The average molecular weight is 266 g/mol. The quantitative estimate of drug-likeness (QED) is 0.771. The van der Waals surface area contributed by atoms with Gasteiger partial charge in [0.2, 0.25) is 0 Å². The molecule has 0 heterocycles. The van der Waals surface area contributed by atoms with Gasteiger partial charge in [-0.2, -0.15) is 0 Å². The van der Waals surface area contributed by atoms with Crippen molar-refractivity contribution in [1.29, 1.82) is 0 Å². The number of nitrogens with one attached hydrogen (secondary N) is 1. The molecular formula is C16H24ClN. The minimum Gasteiger partial charge on any atom is -0.316 e. The van der Waals surface area contributed by atoms with Crippen LogP contribution in [-0.4, -0.2) is 13.1 Å². The fourth-order valence-corrected chi connectivity index (χ4v) is 3.31. The largest absolute Gasteiger partial charge is 0.316 e. The SMILES string of the molecule is CCCNCC1(c2cccc(Cl)c2)CCCCC1. The number of halogens is 1. The van der Waals surface area contributed by atoms with E-state index in [2.05, 4.69) is 30.4 Å². The lowest BCUT2D eigenvalue weighted by molar-refractivity contribution is 0.280. The maximum absolute atomic E-state index is 6.17. The Balaban J connectivity index is 2.17. The van der Waals surface area contributed by atoms with Crippen molar-refractivity contribution in [2.24, 2.45) is 0 Å². The van der Waals surface area contributed by atoms with Gasteiger partial charge in [-0.15, -0.1) is 0 Å². The van der Waals surface area contributed by atoms with E-state index >= 15 is 0 Å². The Kier molecular flexibility index (Phi) is 5.08. The van der Waals surface area contributed by atoms with Gasteiger partial charge < -0.3 is 5.32 Å². The summed E-state index contributed by atoms with van der Waals surface area (Å²) in [7, 11) is 0. The van der Waals surface area contributed by atoms with Gasteiger partial charge in [-0.3, -0.25) is 0 Å². The van der Waals surface area contributed by atoms with Gasteiger partial charge in [-0.05, 0) is 43.5 Å². The first kappa shape index (κ1) is 13.9. The Morgan fingerprint density at radius 3 is 2.67 bits per heavy atom. The van der Waals surface area contributed by atoms with Gasteiger partial charge >= 0.3 is 0 Å². The summed E-state index contributed by atoms with van der Waals surface area (Å²) in [4.78, 5) is 0. The van der Waals surface area contributed by atoms with Crippen LogP contribution in [0.1, 0.15) is 51.0 Å². The van der Waals surface area contributed by atoms with E-state index in [1.54, 1.807) is 0 Å². The summed E-state index contributed by atoms with van der Waals surface area (Å²) in [5.41, 5.74) is 1.75. The van der Waals surface area contributed by atoms with Gasteiger partial charge in [0.25, 0.3) is 0 Å². The monoisotopic (exact) mass is 265 g/mol. The first-order valence-corrected chi connectivity index (χ1v) is 7.61. The predicted molar refractivity (Wildman–Crippen MR) is 79.4 cm³/mol. The smallest absolute Gasteiger partial charge is 0.0408 e. The van der Waals surface area contributed by atoms with Crippen molar-refractivity contribution in [3.8, 4) is 0 Å². The van der Waals surface area contributed by atoms with Gasteiger partial charge in [0.1, 0.15) is 0 Å². The number of rotatable bonds is 5. The van der Waals surface area contributed by atoms with E-state index in [4.69, 9.17) is 11.6 Å². The summed E-state index contributed by atoms with van der Waals surface area (Å²) < 4.78 is 0. The molecule has 1 aromatic carbocycles. The third kappa shape index (κ3) is 3.27. The van der Waals surface area contributed by atoms with Crippen LogP contribution in [0, 0.1) is 0 Å². The molecule has 1 aliphatic rings. The molecule has 0 radical (unpaired) electrons. The maximum Gasteiger partial charge on any atom is 0.0408 e. The van der Waals surface area contributed by atoms with Crippen molar-refractivity contribution in [3.63, 3.8) is 0 Å². The van der Waals surface area contributed by atoms with Crippen molar-refractivity contribution < 1.29 is 0 Å². The zero-order valence-electron chi connectivity index (χ0n) is 11.3. The van der Waals surface area contributed by atoms with Crippen LogP contribution in [0.4, 0.5) is 0 Å². The van der Waals surface area contributed by atoms with E-state index in [0.717, 1.165) is 18.1 Å². The minimum atomic E-state index is 0.318. The van der Waals surface area contributed by atoms with E-state index in [-0.39, 0.29) is 0 Å². The molecule has 0 spiro atoms. The van der Waals surface area contributed by atoms with Gasteiger partial charge in [0.05, 0.1) is 0 Å². The van der Waals surface area contributed by atoms with Gasteiger partial charge in [0, 0.05) is 17.0 Å². The van der Waals surface area contributed by atoms with Crippen molar-refractivity contribution in [2.75, 3.05) is 13.1 Å². The molecule has 0 atom stereocenters. The third-order valence-corrected chi connectivity index (χ3v) is 4.37. The van der Waals surface area contributed by atoms with Crippen molar-refractivity contribution >= 4 is 11.6 Å². The summed E-state index contributed by atoms with van der Waals surface area (Å²) in [6.45, 7) is 4.43. The Morgan fingerprint density at radius 2 is 2.00 bits per heavy atom. The molecule has 18 heavy (non-hydrogen) atoms. The van der Waals surface area contributed by atoms with E-state index < -0.39 is 0 Å². The zero-order valence-corrected chi connectivity index (χ0v) is 12.1. The molecule has 0 aromatic heterocycles. The van der Waals surface area contributed by atoms with Crippen molar-refractivity contribution in [2.45, 2.75) is 50.9 Å². The topological polar surface area (TPSA) is 12.0 Å². The highest BCUT2D eigenvalue weighted by Crippen LogP contribution is 2.39. The van der Waals surface area contributed by atoms with Crippen LogP contribution >= 0.6 is 11.6 Å². The highest BCUT2D eigenvalue weighted by atomic mass is 35.5. The zero-order chi connectivity index (χ0) is 12.8.